The van der Waals surface area contributed by atoms with Crippen molar-refractivity contribution >= 4 is 23.7 Å². The summed E-state index contributed by atoms with van der Waals surface area (Å²) in [5.74, 6) is -2.71. The predicted molar refractivity (Wildman–Crippen MR) is 130 cm³/mol. The van der Waals surface area contributed by atoms with E-state index in [1.54, 1.807) is 34.6 Å². The lowest BCUT2D eigenvalue weighted by Crippen LogP contribution is -2.57. The average Bonchev–Trinajstić information content (AvgIpc) is 3.29. The van der Waals surface area contributed by atoms with Crippen molar-refractivity contribution in [3.63, 3.8) is 0 Å². The molecule has 3 N–H and O–H groups in total. The van der Waals surface area contributed by atoms with Gasteiger partial charge in [-0.3, -0.25) is 19.2 Å². The highest BCUT2D eigenvalue weighted by Gasteiger charge is 2.59. The van der Waals surface area contributed by atoms with E-state index in [9.17, 15) is 19.2 Å². The summed E-state index contributed by atoms with van der Waals surface area (Å²) in [5, 5.41) is 3.26. The second-order valence-corrected chi connectivity index (χ2v) is 10.7. The van der Waals surface area contributed by atoms with Gasteiger partial charge in [-0.1, -0.05) is 32.1 Å². The molecule has 9 heteroatoms. The van der Waals surface area contributed by atoms with E-state index in [0.29, 0.717) is 12.5 Å². The Kier molecular flexibility index (Phi) is 10.7. The van der Waals surface area contributed by atoms with Crippen LogP contribution in [-0.4, -0.2) is 61.1 Å². The topological polar surface area (TPSA) is 134 Å². The number of Topliss-reactive ketones (excluding diaryl/α,β-unsaturated/α-hetero) is 1. The number of nitrogens with one attached hydrogen (secondary N) is 1. The molecule has 0 radical (unpaired) electrons. The molecule has 2 fully saturated rings. The van der Waals surface area contributed by atoms with E-state index < -0.39 is 46.8 Å². The van der Waals surface area contributed by atoms with Crippen LogP contribution in [0.3, 0.4) is 0 Å². The lowest BCUT2D eigenvalue weighted by Gasteiger charge is -2.35. The van der Waals surface area contributed by atoms with Crippen molar-refractivity contribution in [1.29, 1.82) is 0 Å². The van der Waals surface area contributed by atoms with Crippen LogP contribution in [0.5, 0.6) is 0 Å². The van der Waals surface area contributed by atoms with Gasteiger partial charge in [-0.15, -0.1) is 0 Å². The van der Waals surface area contributed by atoms with Crippen molar-refractivity contribution in [1.82, 2.24) is 5.32 Å². The normalized spacial score (nSPS) is 22.3. The highest BCUT2D eigenvalue weighted by atomic mass is 16.6. The minimum absolute atomic E-state index is 0.00443. The summed E-state index contributed by atoms with van der Waals surface area (Å²) in [6.07, 6.45) is 5.89. The standard InChI is InChI=1S/C26H44N2O7/c1-6-33-23(31)26(24(32)34-7-2,15-13-19(27)22(30)35-25(3,4)5)21(29)20-18(14-16-28-20)17-11-9-8-10-12-17/h17-20,28H,6-16,27H2,1-5H3/t18?,19?,20-/m1/s1. The second-order valence-electron chi connectivity index (χ2n) is 10.7. The van der Waals surface area contributed by atoms with Gasteiger partial charge in [0.2, 0.25) is 5.41 Å². The van der Waals surface area contributed by atoms with E-state index in [1.807, 2.05) is 0 Å². The first kappa shape index (κ1) is 29.2. The molecule has 0 bridgehead atoms. The molecule has 1 aliphatic carbocycles. The second kappa shape index (κ2) is 12.8. The SMILES string of the molecule is CCOC(=O)C(CCC(N)C(=O)OC(C)(C)C)(C(=O)OCC)C(=O)[C@@H]1NCCC1C1CCCCC1. The van der Waals surface area contributed by atoms with Gasteiger partial charge in [0.25, 0.3) is 0 Å². The predicted octanol–water partition coefficient (Wildman–Crippen LogP) is 2.68. The fraction of sp³-hybridized carbons (Fsp3) is 0.846. The quantitative estimate of drug-likeness (QED) is 0.251. The Morgan fingerprint density at radius 1 is 0.943 bits per heavy atom. The first-order valence-corrected chi connectivity index (χ1v) is 13.1. The van der Waals surface area contributed by atoms with E-state index in [0.717, 1.165) is 32.1 Å². The molecule has 0 amide bonds. The van der Waals surface area contributed by atoms with E-state index in [2.05, 4.69) is 5.32 Å². The van der Waals surface area contributed by atoms with Crippen molar-refractivity contribution in [2.45, 2.75) is 104 Å². The molecule has 2 rings (SSSR count). The van der Waals surface area contributed by atoms with Gasteiger partial charge in [0.15, 0.2) is 5.78 Å². The van der Waals surface area contributed by atoms with E-state index in [-0.39, 0.29) is 32.0 Å². The molecule has 1 heterocycles. The van der Waals surface area contributed by atoms with Gasteiger partial charge in [0.1, 0.15) is 11.6 Å². The lowest BCUT2D eigenvalue weighted by atomic mass is 9.69. The molecule has 0 aromatic carbocycles. The molecular formula is C26H44N2O7. The minimum Gasteiger partial charge on any atom is -0.465 e. The van der Waals surface area contributed by atoms with Gasteiger partial charge >= 0.3 is 17.9 Å². The molecule has 0 aromatic heterocycles. The summed E-state index contributed by atoms with van der Waals surface area (Å²) in [6.45, 7) is 9.02. The smallest absolute Gasteiger partial charge is 0.331 e. The molecule has 35 heavy (non-hydrogen) atoms. The molecule has 1 saturated carbocycles. The summed E-state index contributed by atoms with van der Waals surface area (Å²) >= 11 is 0. The third kappa shape index (κ3) is 7.26. The third-order valence-corrected chi connectivity index (χ3v) is 7.02. The monoisotopic (exact) mass is 496 g/mol. The third-order valence-electron chi connectivity index (χ3n) is 7.02. The number of nitrogens with two attached hydrogens (primary N) is 1. The fourth-order valence-electron chi connectivity index (χ4n) is 5.33. The van der Waals surface area contributed by atoms with E-state index in [4.69, 9.17) is 19.9 Å². The van der Waals surface area contributed by atoms with Gasteiger partial charge in [0, 0.05) is 0 Å². The molecule has 3 atom stereocenters. The summed E-state index contributed by atoms with van der Waals surface area (Å²) in [7, 11) is 0. The highest BCUT2D eigenvalue weighted by Crippen LogP contribution is 2.40. The van der Waals surface area contributed by atoms with Crippen LogP contribution in [0.4, 0.5) is 0 Å². The van der Waals surface area contributed by atoms with Crippen LogP contribution >= 0.6 is 0 Å². The molecule has 9 nitrogen and oxygen atoms in total. The first-order chi connectivity index (χ1) is 16.5. The Morgan fingerprint density at radius 3 is 2.03 bits per heavy atom. The van der Waals surface area contributed by atoms with Crippen molar-refractivity contribution in [3.05, 3.63) is 0 Å². The number of hydrogen-bond acceptors (Lipinski definition) is 9. The zero-order valence-corrected chi connectivity index (χ0v) is 22.0. The molecule has 0 spiro atoms. The number of carbonyl (C=O) groups is 4. The van der Waals surface area contributed by atoms with Crippen LogP contribution in [0.1, 0.15) is 86.0 Å². The number of hydrogen-bond donors (Lipinski definition) is 2. The average molecular weight is 497 g/mol. The van der Waals surface area contributed by atoms with Gasteiger partial charge in [-0.25, -0.2) is 0 Å². The fourth-order valence-corrected chi connectivity index (χ4v) is 5.33. The van der Waals surface area contributed by atoms with Crippen LogP contribution in [0, 0.1) is 17.3 Å². The molecule has 1 aliphatic heterocycles. The van der Waals surface area contributed by atoms with Crippen LogP contribution in [0.15, 0.2) is 0 Å². The Bertz CT molecular complexity index is 737. The molecule has 0 aromatic rings. The summed E-state index contributed by atoms with van der Waals surface area (Å²) in [4.78, 5) is 53.3. The Morgan fingerprint density at radius 2 is 1.51 bits per heavy atom. The van der Waals surface area contributed by atoms with Crippen molar-refractivity contribution in [2.24, 2.45) is 23.0 Å². The molecule has 2 unspecified atom stereocenters. The Hall–Kier alpha value is -2.00. The minimum atomic E-state index is -2.19. The maximum Gasteiger partial charge on any atom is 0.331 e. The van der Waals surface area contributed by atoms with Gasteiger partial charge in [-0.2, -0.15) is 0 Å². The molecular weight excluding hydrogens is 452 g/mol. The maximum absolute atomic E-state index is 14.1. The van der Waals surface area contributed by atoms with Crippen LogP contribution in [0.2, 0.25) is 0 Å². The zero-order valence-electron chi connectivity index (χ0n) is 22.0. The number of esters is 3. The number of ether oxygens (including phenoxy) is 3. The largest absolute Gasteiger partial charge is 0.465 e. The van der Waals surface area contributed by atoms with Gasteiger partial charge in [0.05, 0.1) is 19.3 Å². The van der Waals surface area contributed by atoms with E-state index >= 15 is 0 Å². The Balaban J connectivity index is 2.38. The van der Waals surface area contributed by atoms with Gasteiger partial charge < -0.3 is 25.3 Å². The molecule has 1 saturated heterocycles. The van der Waals surface area contributed by atoms with Gasteiger partial charge in [-0.05, 0) is 72.3 Å². The van der Waals surface area contributed by atoms with Crippen LogP contribution in [-0.2, 0) is 33.4 Å². The zero-order chi connectivity index (χ0) is 26.2. The highest BCUT2D eigenvalue weighted by molar-refractivity contribution is 6.21. The lowest BCUT2D eigenvalue weighted by molar-refractivity contribution is -0.177. The van der Waals surface area contributed by atoms with Crippen molar-refractivity contribution in [3.8, 4) is 0 Å². The summed E-state index contributed by atoms with van der Waals surface area (Å²) in [6, 6.07) is -1.78. The number of ketones is 1. The molecule has 2 aliphatic rings. The number of carbonyl (C=O) groups excluding carboxylic acids is 4. The number of rotatable bonds is 11. The first-order valence-electron chi connectivity index (χ1n) is 13.1. The van der Waals surface area contributed by atoms with Crippen molar-refractivity contribution < 1.29 is 33.4 Å². The van der Waals surface area contributed by atoms with Crippen LogP contribution < -0.4 is 11.1 Å². The summed E-state index contributed by atoms with van der Waals surface area (Å²) < 4.78 is 15.9. The van der Waals surface area contributed by atoms with E-state index in [1.165, 1.54) is 6.42 Å². The van der Waals surface area contributed by atoms with Crippen molar-refractivity contribution in [2.75, 3.05) is 19.8 Å². The Labute approximate surface area is 209 Å². The maximum atomic E-state index is 14.1. The molecule has 200 valence electrons. The summed E-state index contributed by atoms with van der Waals surface area (Å²) in [5.41, 5.74) is 3.13. The van der Waals surface area contributed by atoms with Crippen LogP contribution in [0.25, 0.3) is 0 Å².